The summed E-state index contributed by atoms with van der Waals surface area (Å²) >= 11 is 0. The Labute approximate surface area is 159 Å². The molecule has 2 aliphatic rings. The monoisotopic (exact) mass is 378 g/mol. The Morgan fingerprint density at radius 3 is 2.81 bits per heavy atom. The van der Waals surface area contributed by atoms with Crippen LogP contribution in [0.25, 0.3) is 0 Å². The molecule has 3 rings (SSSR count). The Kier molecular flexibility index (Phi) is 7.29. The molecule has 0 bridgehead atoms. The van der Waals surface area contributed by atoms with Crippen molar-refractivity contribution in [3.8, 4) is 11.5 Å². The van der Waals surface area contributed by atoms with E-state index in [1.54, 1.807) is 30.2 Å². The summed E-state index contributed by atoms with van der Waals surface area (Å²) in [5.74, 6) is 0.909. The zero-order valence-corrected chi connectivity index (χ0v) is 15.8. The number of amidine groups is 1. The molecule has 8 nitrogen and oxygen atoms in total. The molecule has 0 saturated carbocycles. The average Bonchev–Trinajstić information content (AvgIpc) is 3.16. The molecular weight excluding hydrogens is 350 g/mol. The van der Waals surface area contributed by atoms with E-state index >= 15 is 0 Å². The van der Waals surface area contributed by atoms with Gasteiger partial charge in [-0.25, -0.2) is 4.99 Å². The van der Waals surface area contributed by atoms with E-state index in [0.717, 1.165) is 6.54 Å². The van der Waals surface area contributed by atoms with Gasteiger partial charge in [0.1, 0.15) is 6.61 Å². The summed E-state index contributed by atoms with van der Waals surface area (Å²) in [5, 5.41) is 2.75. The number of carbonyl (C=O) groups is 1. The largest absolute Gasteiger partial charge is 0.463 e. The van der Waals surface area contributed by atoms with E-state index in [4.69, 9.17) is 18.9 Å². The van der Waals surface area contributed by atoms with Crippen LogP contribution in [0.3, 0.4) is 0 Å². The Bertz CT molecular complexity index is 659. The van der Waals surface area contributed by atoms with E-state index in [2.05, 4.69) is 10.3 Å². The first-order chi connectivity index (χ1) is 13.3. The first kappa shape index (κ1) is 19.4. The number of piperidine rings is 1. The summed E-state index contributed by atoms with van der Waals surface area (Å²) in [6.45, 7) is 4.86. The lowest BCUT2D eigenvalue weighted by Crippen LogP contribution is -3.13. The molecule has 1 amide bonds. The third-order valence-corrected chi connectivity index (χ3v) is 4.66. The summed E-state index contributed by atoms with van der Waals surface area (Å²) in [6.07, 6.45) is 3.87. The van der Waals surface area contributed by atoms with Gasteiger partial charge in [-0.2, -0.15) is 0 Å². The molecule has 1 saturated heterocycles. The lowest BCUT2D eigenvalue weighted by molar-refractivity contribution is -0.903. The fourth-order valence-corrected chi connectivity index (χ4v) is 3.17. The van der Waals surface area contributed by atoms with Crippen LogP contribution >= 0.6 is 0 Å². The molecule has 27 heavy (non-hydrogen) atoms. The zero-order chi connectivity index (χ0) is 18.9. The van der Waals surface area contributed by atoms with E-state index in [1.807, 2.05) is 0 Å². The second-order valence-electron chi connectivity index (χ2n) is 6.61. The lowest BCUT2D eigenvalue weighted by atomic mass is 10.1. The predicted octanol–water partition coefficient (Wildman–Crippen LogP) is 0.233. The van der Waals surface area contributed by atoms with Crippen molar-refractivity contribution in [3.05, 3.63) is 23.8 Å². The van der Waals surface area contributed by atoms with Gasteiger partial charge in [0, 0.05) is 12.7 Å². The number of methoxy groups -OCH3 is 1. The smallest absolute Gasteiger partial charge is 0.291 e. The molecule has 2 aliphatic heterocycles. The number of aliphatic imine (C=N–C) groups is 1. The molecular formula is C19H28N3O5+. The number of amides is 1. The minimum Gasteiger partial charge on any atom is -0.463 e. The maximum atomic E-state index is 12.5. The van der Waals surface area contributed by atoms with Crippen LogP contribution in [0, 0.1) is 0 Å². The molecule has 0 radical (unpaired) electrons. The molecule has 0 atom stereocenters. The maximum Gasteiger partial charge on any atom is 0.291 e. The Morgan fingerprint density at radius 2 is 2.00 bits per heavy atom. The first-order valence-electron chi connectivity index (χ1n) is 9.47. The van der Waals surface area contributed by atoms with Gasteiger partial charge in [0.05, 0.1) is 32.8 Å². The van der Waals surface area contributed by atoms with Gasteiger partial charge < -0.3 is 23.8 Å². The van der Waals surface area contributed by atoms with Gasteiger partial charge in [0.15, 0.2) is 11.5 Å². The normalized spacial score (nSPS) is 17.0. The number of carbonyl (C=O) groups excluding carboxylic acids is 1. The number of likely N-dealkylation sites (tertiary alicyclic amines) is 1. The molecule has 148 valence electrons. The number of hydrogen-bond acceptors (Lipinski definition) is 6. The number of nitrogens with one attached hydrogen (secondary N) is 2. The Hall–Kier alpha value is -2.32. The molecule has 2 N–H and O–H groups in total. The van der Waals surface area contributed by atoms with Gasteiger partial charge in [0.2, 0.25) is 6.79 Å². The van der Waals surface area contributed by atoms with Crippen LogP contribution in [-0.2, 0) is 9.47 Å². The van der Waals surface area contributed by atoms with Gasteiger partial charge >= 0.3 is 0 Å². The molecule has 0 aromatic heterocycles. The average molecular weight is 378 g/mol. The molecule has 1 fully saturated rings. The van der Waals surface area contributed by atoms with Crippen molar-refractivity contribution in [3.63, 3.8) is 0 Å². The van der Waals surface area contributed by atoms with Crippen LogP contribution in [0.15, 0.2) is 23.2 Å². The minimum atomic E-state index is -0.296. The molecule has 0 unspecified atom stereocenters. The number of hydrogen-bond donors (Lipinski definition) is 2. The van der Waals surface area contributed by atoms with Gasteiger partial charge in [-0.05, 0) is 37.5 Å². The van der Waals surface area contributed by atoms with Crippen molar-refractivity contribution in [2.75, 3.05) is 53.3 Å². The molecule has 0 aliphatic carbocycles. The van der Waals surface area contributed by atoms with Crippen LogP contribution in [-0.4, -0.2) is 65.2 Å². The Balaban J connectivity index is 1.57. The lowest BCUT2D eigenvalue weighted by Gasteiger charge is -2.22. The van der Waals surface area contributed by atoms with E-state index < -0.39 is 0 Å². The number of fused-ring (bicyclic) bond motifs is 1. The van der Waals surface area contributed by atoms with Crippen molar-refractivity contribution in [2.24, 2.45) is 4.99 Å². The van der Waals surface area contributed by atoms with Crippen molar-refractivity contribution >= 4 is 11.9 Å². The molecule has 8 heteroatoms. The molecule has 1 aromatic rings. The first-order valence-corrected chi connectivity index (χ1v) is 9.47. The van der Waals surface area contributed by atoms with Crippen LogP contribution in [0.2, 0.25) is 0 Å². The van der Waals surface area contributed by atoms with Gasteiger partial charge in [-0.15, -0.1) is 0 Å². The summed E-state index contributed by atoms with van der Waals surface area (Å²) in [6, 6.07) is 5.29. The highest BCUT2D eigenvalue weighted by atomic mass is 16.7. The third-order valence-electron chi connectivity index (χ3n) is 4.66. The maximum absolute atomic E-state index is 12.5. The predicted molar refractivity (Wildman–Crippen MR) is 99.6 cm³/mol. The van der Waals surface area contributed by atoms with E-state index in [0.29, 0.717) is 36.8 Å². The standard InChI is InChI=1S/C19H27N3O5/c1-24-11-12-25-19(20-7-10-22-8-3-2-4-9-22)21-18(23)15-5-6-16-17(13-15)27-14-26-16/h5-6,13H,2-4,7-12,14H2,1H3,(H,20,21,23)/p+1. The number of quaternary nitrogens is 1. The van der Waals surface area contributed by atoms with E-state index in [1.165, 1.54) is 32.4 Å². The van der Waals surface area contributed by atoms with Crippen LogP contribution in [0.1, 0.15) is 29.6 Å². The highest BCUT2D eigenvalue weighted by Crippen LogP contribution is 2.32. The second kappa shape index (κ2) is 10.1. The third kappa shape index (κ3) is 5.83. The summed E-state index contributed by atoms with van der Waals surface area (Å²) in [4.78, 5) is 18.6. The number of benzene rings is 1. The molecule has 1 aromatic carbocycles. The van der Waals surface area contributed by atoms with Crippen molar-refractivity contribution in [2.45, 2.75) is 19.3 Å². The fraction of sp³-hybridized carbons (Fsp3) is 0.579. The highest BCUT2D eigenvalue weighted by molar-refractivity contribution is 6.04. The highest BCUT2D eigenvalue weighted by Gasteiger charge is 2.18. The number of rotatable bonds is 7. The van der Waals surface area contributed by atoms with E-state index in [-0.39, 0.29) is 18.7 Å². The molecule has 2 heterocycles. The van der Waals surface area contributed by atoms with Crippen molar-refractivity contribution in [1.82, 2.24) is 5.32 Å². The summed E-state index contributed by atoms with van der Waals surface area (Å²) < 4.78 is 21.2. The summed E-state index contributed by atoms with van der Waals surface area (Å²) in [7, 11) is 1.60. The quantitative estimate of drug-likeness (QED) is 0.403. The summed E-state index contributed by atoms with van der Waals surface area (Å²) in [5.41, 5.74) is 0.462. The van der Waals surface area contributed by atoms with Crippen molar-refractivity contribution < 1.29 is 28.6 Å². The van der Waals surface area contributed by atoms with Crippen LogP contribution < -0.4 is 19.7 Å². The van der Waals surface area contributed by atoms with Gasteiger partial charge in [-0.1, -0.05) is 0 Å². The van der Waals surface area contributed by atoms with E-state index in [9.17, 15) is 4.79 Å². The zero-order valence-electron chi connectivity index (χ0n) is 15.8. The fourth-order valence-electron chi connectivity index (χ4n) is 3.17. The van der Waals surface area contributed by atoms with Gasteiger partial charge in [0.25, 0.3) is 11.9 Å². The van der Waals surface area contributed by atoms with Gasteiger partial charge in [-0.3, -0.25) is 10.1 Å². The number of ether oxygens (including phenoxy) is 4. The van der Waals surface area contributed by atoms with Crippen molar-refractivity contribution in [1.29, 1.82) is 0 Å². The van der Waals surface area contributed by atoms with Crippen LogP contribution in [0.5, 0.6) is 11.5 Å². The Morgan fingerprint density at radius 1 is 1.19 bits per heavy atom. The SMILES string of the molecule is COCCOC(=NCC[NH+]1CCCCC1)NC(=O)c1ccc2c(c1)OCO2. The number of nitrogens with zero attached hydrogens (tertiary/aromatic N) is 1. The molecule has 0 spiro atoms. The second-order valence-corrected chi connectivity index (χ2v) is 6.61. The topological polar surface area (TPSA) is 82.8 Å². The minimum absolute atomic E-state index is 0.173. The van der Waals surface area contributed by atoms with Crippen LogP contribution in [0.4, 0.5) is 0 Å².